The van der Waals surface area contributed by atoms with Crippen LogP contribution in [0.5, 0.6) is 0 Å². The third-order valence-corrected chi connectivity index (χ3v) is 2.67. The van der Waals surface area contributed by atoms with Gasteiger partial charge in [0.2, 0.25) is 0 Å². The lowest BCUT2D eigenvalue weighted by molar-refractivity contribution is -0.0784. The normalized spacial score (nSPS) is 39.6. The van der Waals surface area contributed by atoms with Crippen LogP contribution >= 0.6 is 0 Å². The molecule has 1 aliphatic carbocycles. The van der Waals surface area contributed by atoms with Gasteiger partial charge in [-0.05, 0) is 19.3 Å². The molecular weight excluding hydrogens is 128 g/mol. The first-order valence-electron chi connectivity index (χ1n) is 3.91. The Kier molecular flexibility index (Phi) is 2.02. The molecule has 0 bridgehead atoms. The summed E-state index contributed by atoms with van der Waals surface area (Å²) in [5.41, 5.74) is -0.293. The van der Waals surface area contributed by atoms with Crippen LogP contribution in [-0.4, -0.2) is 22.4 Å². The quantitative estimate of drug-likeness (QED) is 0.530. The van der Waals surface area contributed by atoms with Crippen molar-refractivity contribution in [3.63, 3.8) is 0 Å². The molecule has 0 spiro atoms. The standard InChI is InChI=1S/C8H16O2/c1-8(2)6(9)4-3-5-7(8)10/h6-7,9-10H,3-5H2,1-2H3/t6-,7+. The van der Waals surface area contributed by atoms with E-state index >= 15 is 0 Å². The van der Waals surface area contributed by atoms with Gasteiger partial charge in [-0.3, -0.25) is 0 Å². The first kappa shape index (κ1) is 8.02. The van der Waals surface area contributed by atoms with Gasteiger partial charge < -0.3 is 10.2 Å². The number of hydrogen-bond acceptors (Lipinski definition) is 2. The number of rotatable bonds is 0. The van der Waals surface area contributed by atoms with Gasteiger partial charge in [0.15, 0.2) is 0 Å². The molecule has 0 unspecified atom stereocenters. The summed E-state index contributed by atoms with van der Waals surface area (Å²) in [5.74, 6) is 0. The molecule has 1 rings (SSSR count). The van der Waals surface area contributed by atoms with Crippen molar-refractivity contribution in [2.75, 3.05) is 0 Å². The molecule has 10 heavy (non-hydrogen) atoms. The minimum absolute atomic E-state index is 0.293. The molecule has 0 radical (unpaired) electrons. The summed E-state index contributed by atoms with van der Waals surface area (Å²) < 4.78 is 0. The third kappa shape index (κ3) is 1.18. The lowest BCUT2D eigenvalue weighted by atomic mass is 9.73. The van der Waals surface area contributed by atoms with Gasteiger partial charge in [0.05, 0.1) is 12.2 Å². The summed E-state index contributed by atoms with van der Waals surface area (Å²) >= 11 is 0. The zero-order valence-corrected chi connectivity index (χ0v) is 6.67. The summed E-state index contributed by atoms with van der Waals surface area (Å²) in [6, 6.07) is 0. The Hall–Kier alpha value is -0.0800. The third-order valence-electron chi connectivity index (χ3n) is 2.67. The fourth-order valence-corrected chi connectivity index (χ4v) is 1.47. The van der Waals surface area contributed by atoms with Gasteiger partial charge >= 0.3 is 0 Å². The Morgan fingerprint density at radius 2 is 1.50 bits per heavy atom. The van der Waals surface area contributed by atoms with E-state index in [2.05, 4.69) is 0 Å². The molecule has 2 heteroatoms. The van der Waals surface area contributed by atoms with Crippen LogP contribution in [-0.2, 0) is 0 Å². The van der Waals surface area contributed by atoms with Gasteiger partial charge in [0, 0.05) is 5.41 Å². The van der Waals surface area contributed by atoms with Crippen molar-refractivity contribution >= 4 is 0 Å². The van der Waals surface area contributed by atoms with Crippen LogP contribution in [0.4, 0.5) is 0 Å². The van der Waals surface area contributed by atoms with E-state index in [1.807, 2.05) is 13.8 Å². The Labute approximate surface area is 61.9 Å². The summed E-state index contributed by atoms with van der Waals surface area (Å²) in [6.07, 6.45) is 1.98. The highest BCUT2D eigenvalue weighted by molar-refractivity contribution is 4.88. The first-order valence-corrected chi connectivity index (χ1v) is 3.91. The molecule has 2 atom stereocenters. The highest BCUT2D eigenvalue weighted by Gasteiger charge is 2.37. The topological polar surface area (TPSA) is 40.5 Å². The molecule has 2 nitrogen and oxygen atoms in total. The second kappa shape index (κ2) is 2.51. The van der Waals surface area contributed by atoms with Crippen molar-refractivity contribution in [2.24, 2.45) is 5.41 Å². The molecular formula is C8H16O2. The second-order valence-electron chi connectivity index (χ2n) is 3.78. The molecule has 1 fully saturated rings. The molecule has 1 saturated carbocycles. The average Bonchev–Trinajstić information content (AvgIpc) is 1.84. The number of aliphatic hydroxyl groups is 2. The molecule has 2 N–H and O–H groups in total. The van der Waals surface area contributed by atoms with Crippen molar-refractivity contribution in [3.05, 3.63) is 0 Å². The van der Waals surface area contributed by atoms with Gasteiger partial charge in [-0.2, -0.15) is 0 Å². The molecule has 0 aliphatic heterocycles. The highest BCUT2D eigenvalue weighted by atomic mass is 16.3. The maximum atomic E-state index is 9.45. The van der Waals surface area contributed by atoms with Gasteiger partial charge in [0.1, 0.15) is 0 Å². The first-order chi connectivity index (χ1) is 4.55. The molecule has 1 aliphatic rings. The van der Waals surface area contributed by atoms with E-state index in [1.54, 1.807) is 0 Å². The summed E-state index contributed by atoms with van der Waals surface area (Å²) in [5, 5.41) is 18.9. The Balaban J connectivity index is 2.63. The van der Waals surface area contributed by atoms with E-state index in [4.69, 9.17) is 0 Å². The minimum Gasteiger partial charge on any atom is -0.392 e. The van der Waals surface area contributed by atoms with Crippen LogP contribution < -0.4 is 0 Å². The molecule has 60 valence electrons. The van der Waals surface area contributed by atoms with Crippen LogP contribution in [0.1, 0.15) is 33.1 Å². The van der Waals surface area contributed by atoms with E-state index in [1.165, 1.54) is 0 Å². The molecule has 0 aromatic heterocycles. The molecule has 0 saturated heterocycles. The summed E-state index contributed by atoms with van der Waals surface area (Å²) in [7, 11) is 0. The van der Waals surface area contributed by atoms with E-state index < -0.39 is 0 Å². The SMILES string of the molecule is CC1(C)[C@H](O)CCC[C@@H]1O. The Morgan fingerprint density at radius 1 is 1.10 bits per heavy atom. The summed E-state index contributed by atoms with van der Waals surface area (Å²) in [4.78, 5) is 0. The fraction of sp³-hybridized carbons (Fsp3) is 1.00. The lowest BCUT2D eigenvalue weighted by Crippen LogP contribution is -2.43. The van der Waals surface area contributed by atoms with Crippen molar-refractivity contribution in [3.8, 4) is 0 Å². The van der Waals surface area contributed by atoms with Crippen molar-refractivity contribution in [1.82, 2.24) is 0 Å². The zero-order chi connectivity index (χ0) is 7.78. The predicted molar refractivity (Wildman–Crippen MR) is 39.6 cm³/mol. The van der Waals surface area contributed by atoms with Crippen LogP contribution in [0, 0.1) is 5.41 Å². The molecule has 0 aromatic carbocycles. The smallest absolute Gasteiger partial charge is 0.0615 e. The van der Waals surface area contributed by atoms with Gasteiger partial charge in [-0.25, -0.2) is 0 Å². The van der Waals surface area contributed by atoms with Gasteiger partial charge in [0.25, 0.3) is 0 Å². The summed E-state index contributed by atoms with van der Waals surface area (Å²) in [6.45, 7) is 3.84. The maximum Gasteiger partial charge on any atom is 0.0615 e. The Bertz CT molecular complexity index is 108. The van der Waals surface area contributed by atoms with Gasteiger partial charge in [-0.15, -0.1) is 0 Å². The van der Waals surface area contributed by atoms with E-state index in [9.17, 15) is 10.2 Å². The van der Waals surface area contributed by atoms with Crippen molar-refractivity contribution < 1.29 is 10.2 Å². The van der Waals surface area contributed by atoms with Crippen LogP contribution in [0.2, 0.25) is 0 Å². The van der Waals surface area contributed by atoms with Crippen LogP contribution in [0.25, 0.3) is 0 Å². The van der Waals surface area contributed by atoms with E-state index in [0.717, 1.165) is 19.3 Å². The van der Waals surface area contributed by atoms with Crippen molar-refractivity contribution in [2.45, 2.75) is 45.3 Å². The zero-order valence-electron chi connectivity index (χ0n) is 6.67. The monoisotopic (exact) mass is 144 g/mol. The predicted octanol–water partition coefficient (Wildman–Crippen LogP) is 0.918. The number of aliphatic hydroxyl groups excluding tert-OH is 2. The largest absolute Gasteiger partial charge is 0.392 e. The van der Waals surface area contributed by atoms with Gasteiger partial charge in [-0.1, -0.05) is 13.8 Å². The van der Waals surface area contributed by atoms with Crippen LogP contribution in [0.3, 0.4) is 0 Å². The minimum atomic E-state index is -0.323. The maximum absolute atomic E-state index is 9.45. The number of hydrogen-bond donors (Lipinski definition) is 2. The second-order valence-corrected chi connectivity index (χ2v) is 3.78. The van der Waals surface area contributed by atoms with Crippen molar-refractivity contribution in [1.29, 1.82) is 0 Å². The highest BCUT2D eigenvalue weighted by Crippen LogP contribution is 2.35. The fourth-order valence-electron chi connectivity index (χ4n) is 1.47. The molecule has 0 heterocycles. The van der Waals surface area contributed by atoms with E-state index in [-0.39, 0.29) is 17.6 Å². The Morgan fingerprint density at radius 3 is 1.80 bits per heavy atom. The van der Waals surface area contributed by atoms with Crippen LogP contribution in [0.15, 0.2) is 0 Å². The average molecular weight is 144 g/mol. The molecule has 0 amide bonds. The lowest BCUT2D eigenvalue weighted by Gasteiger charge is -2.39. The van der Waals surface area contributed by atoms with E-state index in [0.29, 0.717) is 0 Å². The molecule has 0 aromatic rings.